The fourth-order valence-corrected chi connectivity index (χ4v) is 5.60. The van der Waals surface area contributed by atoms with E-state index in [2.05, 4.69) is 5.32 Å². The fraction of sp³-hybridized carbons (Fsp3) is 1.00. The second kappa shape index (κ2) is 5.21. The summed E-state index contributed by atoms with van der Waals surface area (Å²) in [6.45, 7) is 8.10. The summed E-state index contributed by atoms with van der Waals surface area (Å²) in [4.78, 5) is 0. The summed E-state index contributed by atoms with van der Waals surface area (Å²) in [7, 11) is -3.33. The van der Waals surface area contributed by atoms with E-state index < -0.39 is 10.2 Å². The minimum atomic E-state index is -3.33. The van der Waals surface area contributed by atoms with Gasteiger partial charge in [-0.1, -0.05) is 0 Å². The highest BCUT2D eigenvalue weighted by Gasteiger charge is 2.46. The molecule has 6 nitrogen and oxygen atoms in total. The molecule has 3 unspecified atom stereocenters. The summed E-state index contributed by atoms with van der Waals surface area (Å²) in [6.07, 6.45) is 2.01. The molecule has 0 aromatic heterocycles. The van der Waals surface area contributed by atoms with Crippen molar-refractivity contribution in [3.8, 4) is 0 Å². The van der Waals surface area contributed by atoms with E-state index in [0.29, 0.717) is 26.2 Å². The maximum Gasteiger partial charge on any atom is 0.282 e. The Balaban J connectivity index is 1.72. The molecule has 0 saturated carbocycles. The third kappa shape index (κ3) is 2.62. The summed E-state index contributed by atoms with van der Waals surface area (Å²) in [6, 6.07) is 0. The van der Waals surface area contributed by atoms with E-state index in [4.69, 9.17) is 4.74 Å². The Kier molecular flexibility index (Phi) is 3.83. The number of morpholine rings is 1. The molecule has 0 radical (unpaired) electrons. The minimum Gasteiger partial charge on any atom is -0.373 e. The van der Waals surface area contributed by atoms with Gasteiger partial charge in [-0.25, -0.2) is 0 Å². The average molecular weight is 303 g/mol. The van der Waals surface area contributed by atoms with Gasteiger partial charge in [-0.3, -0.25) is 0 Å². The Morgan fingerprint density at radius 1 is 1.15 bits per heavy atom. The molecular formula is C13H25N3O3S. The first-order valence-corrected chi connectivity index (χ1v) is 8.92. The van der Waals surface area contributed by atoms with Crippen molar-refractivity contribution in [1.29, 1.82) is 0 Å². The lowest BCUT2D eigenvalue weighted by atomic mass is 9.87. The summed E-state index contributed by atoms with van der Waals surface area (Å²) in [5, 5.41) is 3.37. The van der Waals surface area contributed by atoms with Crippen LogP contribution in [0.2, 0.25) is 0 Å². The van der Waals surface area contributed by atoms with Gasteiger partial charge in [0.25, 0.3) is 10.2 Å². The zero-order valence-electron chi connectivity index (χ0n) is 12.3. The molecule has 3 aliphatic heterocycles. The Labute approximate surface area is 121 Å². The lowest BCUT2D eigenvalue weighted by molar-refractivity contribution is -0.0453. The number of rotatable bonds is 2. The van der Waals surface area contributed by atoms with Crippen molar-refractivity contribution in [2.45, 2.75) is 38.9 Å². The molecule has 0 aromatic rings. The van der Waals surface area contributed by atoms with Crippen LogP contribution in [-0.2, 0) is 14.9 Å². The molecule has 0 bridgehead atoms. The van der Waals surface area contributed by atoms with Gasteiger partial charge < -0.3 is 10.1 Å². The maximum atomic E-state index is 12.8. The third-order valence-electron chi connectivity index (χ3n) is 4.77. The normalized spacial score (nSPS) is 40.7. The van der Waals surface area contributed by atoms with Crippen molar-refractivity contribution >= 4 is 10.2 Å². The first-order valence-electron chi connectivity index (χ1n) is 7.53. The quantitative estimate of drug-likeness (QED) is 0.781. The van der Waals surface area contributed by atoms with Crippen LogP contribution in [0.5, 0.6) is 0 Å². The van der Waals surface area contributed by atoms with Gasteiger partial charge in [-0.2, -0.15) is 17.0 Å². The molecule has 116 valence electrons. The molecule has 3 heterocycles. The summed E-state index contributed by atoms with van der Waals surface area (Å²) >= 11 is 0. The highest BCUT2D eigenvalue weighted by molar-refractivity contribution is 7.86. The van der Waals surface area contributed by atoms with Gasteiger partial charge in [0.15, 0.2) is 0 Å². The van der Waals surface area contributed by atoms with Crippen LogP contribution in [-0.4, -0.2) is 68.5 Å². The highest BCUT2D eigenvalue weighted by Crippen LogP contribution is 2.37. The van der Waals surface area contributed by atoms with E-state index in [1.807, 2.05) is 13.8 Å². The van der Waals surface area contributed by atoms with Gasteiger partial charge in [-0.15, -0.1) is 0 Å². The molecule has 3 fully saturated rings. The predicted octanol–water partition coefficient (Wildman–Crippen LogP) is 0.0258. The van der Waals surface area contributed by atoms with Crippen molar-refractivity contribution in [3.05, 3.63) is 0 Å². The molecule has 3 atom stereocenters. The molecule has 20 heavy (non-hydrogen) atoms. The molecule has 1 spiro atoms. The molecular weight excluding hydrogens is 278 g/mol. The first kappa shape index (κ1) is 14.7. The first-order chi connectivity index (χ1) is 9.41. The van der Waals surface area contributed by atoms with Crippen molar-refractivity contribution in [1.82, 2.24) is 13.9 Å². The molecule has 3 rings (SSSR count). The van der Waals surface area contributed by atoms with Gasteiger partial charge >= 0.3 is 0 Å². The van der Waals surface area contributed by atoms with E-state index in [-0.39, 0.29) is 17.6 Å². The van der Waals surface area contributed by atoms with Gasteiger partial charge in [0, 0.05) is 32.7 Å². The van der Waals surface area contributed by atoms with Crippen molar-refractivity contribution in [3.63, 3.8) is 0 Å². The molecule has 0 aliphatic carbocycles. The van der Waals surface area contributed by atoms with Gasteiger partial charge in [0.1, 0.15) is 0 Å². The van der Waals surface area contributed by atoms with Crippen molar-refractivity contribution in [2.75, 3.05) is 39.3 Å². The Hall–Kier alpha value is -0.210. The number of hydrogen-bond acceptors (Lipinski definition) is 4. The summed E-state index contributed by atoms with van der Waals surface area (Å²) < 4.78 is 34.5. The van der Waals surface area contributed by atoms with Crippen molar-refractivity contribution < 1.29 is 13.2 Å². The van der Waals surface area contributed by atoms with Crippen LogP contribution in [0, 0.1) is 5.41 Å². The highest BCUT2D eigenvalue weighted by atomic mass is 32.2. The van der Waals surface area contributed by atoms with Crippen LogP contribution in [0.4, 0.5) is 0 Å². The van der Waals surface area contributed by atoms with E-state index >= 15 is 0 Å². The monoisotopic (exact) mass is 303 g/mol. The Morgan fingerprint density at radius 3 is 2.45 bits per heavy atom. The SMILES string of the molecule is CC1CN(S(=O)(=O)N2CCC3(CCNC3)C2)CC(C)O1. The van der Waals surface area contributed by atoms with Crippen LogP contribution in [0.1, 0.15) is 26.7 Å². The second-order valence-electron chi connectivity index (χ2n) is 6.59. The van der Waals surface area contributed by atoms with E-state index in [9.17, 15) is 8.42 Å². The van der Waals surface area contributed by atoms with E-state index in [1.54, 1.807) is 8.61 Å². The lowest BCUT2D eigenvalue weighted by Crippen LogP contribution is -2.52. The molecule has 7 heteroatoms. The van der Waals surface area contributed by atoms with E-state index in [1.165, 1.54) is 0 Å². The minimum absolute atomic E-state index is 0.0294. The van der Waals surface area contributed by atoms with Crippen LogP contribution in [0.15, 0.2) is 0 Å². The van der Waals surface area contributed by atoms with Gasteiger partial charge in [0.05, 0.1) is 12.2 Å². The number of hydrogen-bond donors (Lipinski definition) is 1. The standard InChI is InChI=1S/C13H25N3O3S/c1-11-7-16(8-12(2)19-11)20(17,18)15-6-4-13(10-15)3-5-14-9-13/h11-12,14H,3-10H2,1-2H3. The predicted molar refractivity (Wildman–Crippen MR) is 76.6 cm³/mol. The molecule has 0 aromatic carbocycles. The van der Waals surface area contributed by atoms with Crippen LogP contribution < -0.4 is 5.32 Å². The zero-order valence-corrected chi connectivity index (χ0v) is 13.2. The topological polar surface area (TPSA) is 61.9 Å². The van der Waals surface area contributed by atoms with Crippen LogP contribution in [0.3, 0.4) is 0 Å². The molecule has 3 aliphatic rings. The summed E-state index contributed by atoms with van der Waals surface area (Å²) in [5.41, 5.74) is 0.177. The molecule has 0 amide bonds. The second-order valence-corrected chi connectivity index (χ2v) is 8.52. The molecule has 1 N–H and O–H groups in total. The van der Waals surface area contributed by atoms with Crippen LogP contribution >= 0.6 is 0 Å². The average Bonchev–Trinajstić information content (AvgIpc) is 2.99. The maximum absolute atomic E-state index is 12.8. The number of ether oxygens (including phenoxy) is 1. The Morgan fingerprint density at radius 2 is 1.85 bits per heavy atom. The van der Waals surface area contributed by atoms with E-state index in [0.717, 1.165) is 25.9 Å². The van der Waals surface area contributed by atoms with Crippen LogP contribution in [0.25, 0.3) is 0 Å². The third-order valence-corrected chi connectivity index (χ3v) is 6.69. The number of nitrogens with zero attached hydrogens (tertiary/aromatic N) is 2. The summed E-state index contributed by atoms with van der Waals surface area (Å²) in [5.74, 6) is 0. The lowest BCUT2D eigenvalue weighted by Gasteiger charge is -2.36. The fourth-order valence-electron chi connectivity index (χ4n) is 3.72. The zero-order chi connectivity index (χ0) is 14.4. The Bertz CT molecular complexity index is 451. The largest absolute Gasteiger partial charge is 0.373 e. The smallest absolute Gasteiger partial charge is 0.282 e. The van der Waals surface area contributed by atoms with Gasteiger partial charge in [0.2, 0.25) is 0 Å². The number of nitrogens with one attached hydrogen (secondary N) is 1. The molecule has 3 saturated heterocycles. The van der Waals surface area contributed by atoms with Gasteiger partial charge in [-0.05, 0) is 38.6 Å². The van der Waals surface area contributed by atoms with Crippen molar-refractivity contribution in [2.24, 2.45) is 5.41 Å².